The molecule has 0 atom stereocenters. The second-order valence-corrected chi connectivity index (χ2v) is 12.2. The molecule has 1 aliphatic rings. The molecule has 1 heterocycles. The van der Waals surface area contributed by atoms with Crippen molar-refractivity contribution in [1.29, 1.82) is 0 Å². The normalized spacial score (nSPS) is 17.1. The molecule has 0 bridgehead atoms. The van der Waals surface area contributed by atoms with Gasteiger partial charge in [0.15, 0.2) is 4.90 Å². The van der Waals surface area contributed by atoms with E-state index in [1.54, 1.807) is 12.1 Å². The van der Waals surface area contributed by atoms with Crippen molar-refractivity contribution in [3.05, 3.63) is 36.4 Å². The third-order valence-corrected chi connectivity index (χ3v) is 9.44. The van der Waals surface area contributed by atoms with Gasteiger partial charge in [-0.1, -0.05) is 18.2 Å². The molecule has 0 unspecified atom stereocenters. The molecule has 1 saturated heterocycles. The Kier molecular flexibility index (Phi) is 6.19. The van der Waals surface area contributed by atoms with Crippen LogP contribution >= 0.6 is 0 Å². The van der Waals surface area contributed by atoms with Gasteiger partial charge in [-0.25, -0.2) is 0 Å². The molecule has 1 aliphatic heterocycles. The lowest BCUT2D eigenvalue weighted by molar-refractivity contribution is -0.247. The van der Waals surface area contributed by atoms with Crippen molar-refractivity contribution in [2.24, 2.45) is 0 Å². The SMILES string of the molecule is O=S(=O)(O)C(F)(F)C(F)(F)C(F)(F)S(=O)(=O)Oc1cc([S+]2CCCC2)c2ccccc2c1. The summed E-state index contributed by atoms with van der Waals surface area (Å²) in [6.07, 6.45) is 1.71. The topological polar surface area (TPSA) is 97.7 Å². The van der Waals surface area contributed by atoms with Gasteiger partial charge in [0.1, 0.15) is 17.3 Å². The van der Waals surface area contributed by atoms with Crippen molar-refractivity contribution < 1.29 is 51.9 Å². The van der Waals surface area contributed by atoms with E-state index in [0.29, 0.717) is 15.7 Å². The molecule has 0 amide bonds. The first kappa shape index (κ1) is 24.9. The van der Waals surface area contributed by atoms with Gasteiger partial charge in [-0.05, 0) is 30.4 Å². The smallest absolute Gasteiger partial charge is 0.378 e. The minimum atomic E-state index is -7.11. The lowest BCUT2D eigenvalue weighted by Crippen LogP contribution is -2.61. The van der Waals surface area contributed by atoms with E-state index in [4.69, 9.17) is 4.55 Å². The Labute approximate surface area is 181 Å². The van der Waals surface area contributed by atoms with Crippen LogP contribution in [-0.2, 0) is 31.1 Å². The standard InChI is InChI=1S/C17H14F6O6S3/c18-15(19,16(20,21)31(24,25)26)17(22,23)32(27,28)29-12-9-11-5-1-2-6-13(11)14(10-12)30-7-3-4-8-30/h1-2,5-6,9-10H,3-4,7-8H2/p+1. The van der Waals surface area contributed by atoms with Gasteiger partial charge in [0, 0.05) is 22.3 Å². The Morgan fingerprint density at radius 2 is 1.44 bits per heavy atom. The van der Waals surface area contributed by atoms with Crippen LogP contribution in [0.25, 0.3) is 10.8 Å². The summed E-state index contributed by atoms with van der Waals surface area (Å²) in [7, 11) is -14.4. The fraction of sp³-hybridized carbons (Fsp3) is 0.412. The highest BCUT2D eigenvalue weighted by atomic mass is 32.2. The van der Waals surface area contributed by atoms with Crippen molar-refractivity contribution in [3.8, 4) is 5.75 Å². The Morgan fingerprint density at radius 1 is 0.875 bits per heavy atom. The van der Waals surface area contributed by atoms with Crippen LogP contribution in [0.15, 0.2) is 41.3 Å². The van der Waals surface area contributed by atoms with Gasteiger partial charge in [-0.2, -0.15) is 43.2 Å². The Bertz CT molecular complexity index is 1240. The van der Waals surface area contributed by atoms with E-state index in [-0.39, 0.29) is 0 Å². The summed E-state index contributed by atoms with van der Waals surface area (Å²) in [6, 6.07) is 8.39. The van der Waals surface area contributed by atoms with Crippen LogP contribution in [0.3, 0.4) is 0 Å². The average Bonchev–Trinajstić information content (AvgIpc) is 3.20. The van der Waals surface area contributed by atoms with Crippen LogP contribution in [0.1, 0.15) is 12.8 Å². The minimum absolute atomic E-state index is 0.327. The maximum atomic E-state index is 14.1. The van der Waals surface area contributed by atoms with E-state index in [9.17, 15) is 43.2 Å². The van der Waals surface area contributed by atoms with Gasteiger partial charge in [0.05, 0.1) is 0 Å². The van der Waals surface area contributed by atoms with E-state index in [0.717, 1.165) is 36.5 Å². The van der Waals surface area contributed by atoms with Gasteiger partial charge < -0.3 is 4.18 Å². The highest BCUT2D eigenvalue weighted by Crippen LogP contribution is 2.51. The van der Waals surface area contributed by atoms with Crippen molar-refractivity contribution in [3.63, 3.8) is 0 Å². The van der Waals surface area contributed by atoms with Gasteiger partial charge in [0.25, 0.3) is 0 Å². The summed E-state index contributed by atoms with van der Waals surface area (Å²) in [5.74, 6) is -6.45. The maximum Gasteiger partial charge on any atom is 0.450 e. The summed E-state index contributed by atoms with van der Waals surface area (Å²) >= 11 is 0. The second-order valence-electron chi connectivity index (χ2n) is 6.87. The maximum absolute atomic E-state index is 14.1. The summed E-state index contributed by atoms with van der Waals surface area (Å²) in [6.45, 7) is 0. The van der Waals surface area contributed by atoms with Crippen LogP contribution in [0.2, 0.25) is 0 Å². The zero-order valence-corrected chi connectivity index (χ0v) is 18.2. The van der Waals surface area contributed by atoms with Gasteiger partial charge in [0.2, 0.25) is 0 Å². The lowest BCUT2D eigenvalue weighted by Gasteiger charge is -2.29. The van der Waals surface area contributed by atoms with E-state index >= 15 is 0 Å². The fourth-order valence-corrected chi connectivity index (χ4v) is 7.02. The van der Waals surface area contributed by atoms with Crippen LogP contribution in [0.4, 0.5) is 26.3 Å². The molecule has 32 heavy (non-hydrogen) atoms. The minimum Gasteiger partial charge on any atom is -0.378 e. The van der Waals surface area contributed by atoms with E-state index in [1.807, 2.05) is 0 Å². The van der Waals surface area contributed by atoms with Crippen molar-refractivity contribution >= 4 is 41.9 Å². The molecule has 0 aliphatic carbocycles. The predicted octanol–water partition coefficient (Wildman–Crippen LogP) is 4.03. The third kappa shape index (κ3) is 3.92. The molecule has 2 aromatic carbocycles. The molecular formula is C17H15F6O6S3+. The van der Waals surface area contributed by atoms with E-state index in [2.05, 4.69) is 4.18 Å². The number of hydrogen-bond donors (Lipinski definition) is 1. The Hall–Kier alpha value is -1.71. The predicted molar refractivity (Wildman–Crippen MR) is 104 cm³/mol. The molecule has 0 radical (unpaired) electrons. The lowest BCUT2D eigenvalue weighted by atomic mass is 10.1. The number of hydrogen-bond acceptors (Lipinski definition) is 5. The Balaban J connectivity index is 2.07. The molecule has 178 valence electrons. The molecule has 1 fully saturated rings. The van der Waals surface area contributed by atoms with Crippen LogP contribution < -0.4 is 4.18 Å². The van der Waals surface area contributed by atoms with Gasteiger partial charge >= 0.3 is 36.7 Å². The summed E-state index contributed by atoms with van der Waals surface area (Å²) in [5.41, 5.74) is 0. The molecule has 0 saturated carbocycles. The van der Waals surface area contributed by atoms with Crippen LogP contribution in [-0.4, -0.2) is 49.3 Å². The van der Waals surface area contributed by atoms with Crippen LogP contribution in [0.5, 0.6) is 5.75 Å². The van der Waals surface area contributed by atoms with Crippen LogP contribution in [0, 0.1) is 0 Å². The number of halogens is 6. The highest BCUT2D eigenvalue weighted by Gasteiger charge is 2.83. The zero-order valence-electron chi connectivity index (χ0n) is 15.8. The van der Waals surface area contributed by atoms with E-state index < -0.39 is 53.3 Å². The quantitative estimate of drug-likeness (QED) is 0.254. The second kappa shape index (κ2) is 7.95. The molecule has 0 aromatic heterocycles. The first-order valence-electron chi connectivity index (χ1n) is 8.78. The first-order valence-corrected chi connectivity index (χ1v) is 13.2. The molecule has 0 spiro atoms. The monoisotopic (exact) mass is 525 g/mol. The number of alkyl halides is 6. The number of fused-ring (bicyclic) bond motifs is 1. The number of benzene rings is 2. The van der Waals surface area contributed by atoms with E-state index in [1.165, 1.54) is 12.1 Å². The molecule has 1 N–H and O–H groups in total. The number of rotatable bonds is 7. The highest BCUT2D eigenvalue weighted by molar-refractivity contribution is 7.97. The molecule has 6 nitrogen and oxygen atoms in total. The first-order chi connectivity index (χ1) is 14.5. The summed E-state index contributed by atoms with van der Waals surface area (Å²) < 4.78 is 140. The van der Waals surface area contributed by atoms with Crippen molar-refractivity contribution in [2.75, 3.05) is 11.5 Å². The molecular weight excluding hydrogens is 510 g/mol. The van der Waals surface area contributed by atoms with Gasteiger partial charge in [-0.3, -0.25) is 4.55 Å². The summed E-state index contributed by atoms with van der Waals surface area (Å²) in [4.78, 5) is 0.532. The fourth-order valence-electron chi connectivity index (χ4n) is 3.08. The largest absolute Gasteiger partial charge is 0.450 e. The summed E-state index contributed by atoms with van der Waals surface area (Å²) in [5, 5.41) is -12.6. The average molecular weight is 525 g/mol. The molecule has 15 heteroatoms. The Morgan fingerprint density at radius 3 is 2.00 bits per heavy atom. The molecule has 3 rings (SSSR count). The third-order valence-electron chi connectivity index (χ3n) is 4.71. The van der Waals surface area contributed by atoms with Gasteiger partial charge in [-0.15, -0.1) is 0 Å². The van der Waals surface area contributed by atoms with Crippen molar-refractivity contribution in [1.82, 2.24) is 0 Å². The van der Waals surface area contributed by atoms with Crippen molar-refractivity contribution in [2.45, 2.75) is 34.2 Å². The molecule has 2 aromatic rings. The zero-order chi connectivity index (χ0) is 24.2.